The van der Waals surface area contributed by atoms with E-state index in [9.17, 15) is 4.79 Å². The van der Waals surface area contributed by atoms with Crippen molar-refractivity contribution in [2.24, 2.45) is 0 Å². The number of likely N-dealkylation sites (N-methyl/N-ethyl adjacent to an activating group) is 1. The van der Waals surface area contributed by atoms with Crippen LogP contribution in [0.5, 0.6) is 0 Å². The second-order valence-corrected chi connectivity index (χ2v) is 10.8. The van der Waals surface area contributed by atoms with Gasteiger partial charge in [0, 0.05) is 49.8 Å². The van der Waals surface area contributed by atoms with E-state index in [2.05, 4.69) is 73.3 Å². The zero-order valence-corrected chi connectivity index (χ0v) is 23.2. The second kappa shape index (κ2) is 11.5. The van der Waals surface area contributed by atoms with E-state index in [1.807, 2.05) is 42.3 Å². The van der Waals surface area contributed by atoms with E-state index < -0.39 is 0 Å². The third kappa shape index (κ3) is 6.03. The smallest absolute Gasteiger partial charge is 0.321 e. The maximum Gasteiger partial charge on any atom is 0.321 e. The molecule has 6 bridgehead atoms. The highest BCUT2D eigenvalue weighted by Gasteiger charge is 2.28. The molecular formula is C31H32ClN7O. The van der Waals surface area contributed by atoms with E-state index in [0.29, 0.717) is 16.8 Å². The summed E-state index contributed by atoms with van der Waals surface area (Å²) < 4.78 is 0. The van der Waals surface area contributed by atoms with Crippen molar-refractivity contribution in [1.29, 1.82) is 0 Å². The van der Waals surface area contributed by atoms with Gasteiger partial charge in [0.25, 0.3) is 0 Å². The van der Waals surface area contributed by atoms with Gasteiger partial charge in [-0.3, -0.25) is 4.90 Å². The molecule has 204 valence electrons. The van der Waals surface area contributed by atoms with Crippen molar-refractivity contribution in [2.75, 3.05) is 36.1 Å². The van der Waals surface area contributed by atoms with Crippen molar-refractivity contribution in [3.8, 4) is 0 Å². The van der Waals surface area contributed by atoms with E-state index in [4.69, 9.17) is 11.6 Å². The molecule has 6 rings (SSSR count). The molecule has 0 radical (unpaired) electrons. The van der Waals surface area contributed by atoms with Gasteiger partial charge in [0.15, 0.2) is 5.82 Å². The number of halogens is 1. The number of urea groups is 1. The number of hydrogen-bond donors (Lipinski definition) is 3. The van der Waals surface area contributed by atoms with Crippen LogP contribution in [0.2, 0.25) is 5.02 Å². The number of fused-ring (bicyclic) bond motifs is 6. The highest BCUT2D eigenvalue weighted by atomic mass is 35.5. The Morgan fingerprint density at radius 2 is 1.90 bits per heavy atom. The topological polar surface area (TPSA) is 85.4 Å². The number of carbonyl (C=O) groups excluding carboxylic acids is 1. The zero-order valence-electron chi connectivity index (χ0n) is 22.4. The Morgan fingerprint density at radius 3 is 2.77 bits per heavy atom. The lowest BCUT2D eigenvalue weighted by Gasteiger charge is -2.26. The number of nitrogens with zero attached hydrogens (tertiary/aromatic N) is 4. The molecule has 1 atom stereocenters. The van der Waals surface area contributed by atoms with Gasteiger partial charge in [-0.1, -0.05) is 54.1 Å². The molecule has 3 aromatic carbocycles. The first-order valence-electron chi connectivity index (χ1n) is 13.6. The van der Waals surface area contributed by atoms with Crippen LogP contribution in [-0.4, -0.2) is 52.0 Å². The molecule has 8 nitrogen and oxygen atoms in total. The standard InChI is InChI=1S/C31H32ClN7O/c1-38(26-14-15-39(20-26)19-22-6-3-2-4-7-22)31(40)36-28-13-12-25-17-23(28)11-10-21-8-5-9-24(16-21)35-30-33-18-27(32)29(34-25)37-30/h2-9,12-13,16-18,26H,10-11,14-15,19-20H2,1H3,(H,36,40)(H2,33,34,35,37). The molecule has 1 saturated heterocycles. The van der Waals surface area contributed by atoms with E-state index in [1.54, 1.807) is 6.20 Å². The molecule has 40 heavy (non-hydrogen) atoms. The number of aryl methyl sites for hydroxylation is 2. The molecule has 0 aliphatic carbocycles. The molecule has 1 fully saturated rings. The molecule has 2 aliphatic rings. The van der Waals surface area contributed by atoms with Crippen LogP contribution < -0.4 is 16.0 Å². The lowest BCUT2D eigenvalue weighted by atomic mass is 10.0. The largest absolute Gasteiger partial charge is 0.339 e. The zero-order chi connectivity index (χ0) is 27.5. The first-order chi connectivity index (χ1) is 19.5. The molecule has 1 unspecified atom stereocenters. The average molecular weight is 554 g/mol. The molecule has 4 aromatic rings. The van der Waals surface area contributed by atoms with Crippen LogP contribution in [0.4, 0.5) is 33.6 Å². The van der Waals surface area contributed by atoms with Crippen molar-refractivity contribution in [1.82, 2.24) is 19.8 Å². The van der Waals surface area contributed by atoms with Gasteiger partial charge in [0.05, 0.1) is 6.20 Å². The summed E-state index contributed by atoms with van der Waals surface area (Å²) in [5, 5.41) is 10.2. The highest BCUT2D eigenvalue weighted by molar-refractivity contribution is 6.32. The third-order valence-corrected chi connectivity index (χ3v) is 7.86. The second-order valence-electron chi connectivity index (χ2n) is 10.4. The summed E-state index contributed by atoms with van der Waals surface area (Å²) in [6.07, 6.45) is 4.11. The summed E-state index contributed by atoms with van der Waals surface area (Å²) in [4.78, 5) is 26.5. The fourth-order valence-electron chi connectivity index (χ4n) is 5.35. The number of amides is 2. The number of aromatic nitrogens is 2. The van der Waals surface area contributed by atoms with E-state index in [0.717, 1.165) is 61.5 Å². The van der Waals surface area contributed by atoms with Gasteiger partial charge in [-0.2, -0.15) is 4.98 Å². The maximum absolute atomic E-state index is 13.4. The van der Waals surface area contributed by atoms with Gasteiger partial charge >= 0.3 is 6.03 Å². The summed E-state index contributed by atoms with van der Waals surface area (Å²) in [5.74, 6) is 0.975. The lowest BCUT2D eigenvalue weighted by molar-refractivity contribution is 0.201. The number of benzene rings is 3. The summed E-state index contributed by atoms with van der Waals surface area (Å²) in [5.41, 5.74) is 6.06. The Morgan fingerprint density at radius 1 is 1.05 bits per heavy atom. The molecule has 2 amide bonds. The summed E-state index contributed by atoms with van der Waals surface area (Å²) in [6, 6.07) is 24.7. The summed E-state index contributed by atoms with van der Waals surface area (Å²) in [7, 11) is 1.89. The van der Waals surface area contributed by atoms with E-state index in [-0.39, 0.29) is 12.1 Å². The van der Waals surface area contributed by atoms with Crippen LogP contribution in [0, 0.1) is 0 Å². The fourth-order valence-corrected chi connectivity index (χ4v) is 5.49. The van der Waals surface area contributed by atoms with Crippen LogP contribution in [0.3, 0.4) is 0 Å². The van der Waals surface area contributed by atoms with Gasteiger partial charge in [-0.15, -0.1) is 0 Å². The number of rotatable bonds is 4. The van der Waals surface area contributed by atoms with Crippen molar-refractivity contribution in [2.45, 2.75) is 31.8 Å². The number of nitrogens with one attached hydrogen (secondary N) is 3. The summed E-state index contributed by atoms with van der Waals surface area (Å²) in [6.45, 7) is 2.74. The minimum atomic E-state index is -0.0962. The molecular weight excluding hydrogens is 522 g/mol. The molecule has 3 N–H and O–H groups in total. The Kier molecular flexibility index (Phi) is 7.53. The van der Waals surface area contributed by atoms with Crippen LogP contribution >= 0.6 is 11.6 Å². The summed E-state index contributed by atoms with van der Waals surface area (Å²) >= 11 is 6.40. The fraction of sp³-hybridized carbons (Fsp3) is 0.258. The van der Waals surface area contributed by atoms with E-state index in [1.165, 1.54) is 11.1 Å². The Labute approximate surface area is 239 Å². The SMILES string of the molecule is CN(C(=O)Nc1ccc2cc1CCc1cccc(c1)Nc1ncc(Cl)c(n1)N2)C1CCN(Cc2ccccc2)C1. The van der Waals surface area contributed by atoms with Crippen molar-refractivity contribution < 1.29 is 4.79 Å². The number of anilines is 5. The predicted octanol–water partition coefficient (Wildman–Crippen LogP) is 6.45. The van der Waals surface area contributed by atoms with Crippen LogP contribution in [0.1, 0.15) is 23.1 Å². The minimum Gasteiger partial charge on any atom is -0.339 e. The number of likely N-dealkylation sites (tertiary alicyclic amines) is 1. The van der Waals surface area contributed by atoms with Gasteiger partial charge in [-0.25, -0.2) is 9.78 Å². The van der Waals surface area contributed by atoms with Gasteiger partial charge in [0.1, 0.15) is 5.02 Å². The third-order valence-electron chi connectivity index (χ3n) is 7.58. The molecule has 9 heteroatoms. The van der Waals surface area contributed by atoms with Crippen LogP contribution in [-0.2, 0) is 19.4 Å². The van der Waals surface area contributed by atoms with Crippen LogP contribution in [0.15, 0.2) is 79.0 Å². The molecule has 0 spiro atoms. The highest BCUT2D eigenvalue weighted by Crippen LogP contribution is 2.30. The van der Waals surface area contributed by atoms with Crippen molar-refractivity contribution in [3.05, 3.63) is 101 Å². The lowest BCUT2D eigenvalue weighted by Crippen LogP contribution is -2.41. The normalized spacial score (nSPS) is 16.5. The molecule has 1 aromatic heterocycles. The van der Waals surface area contributed by atoms with Crippen LogP contribution in [0.25, 0.3) is 0 Å². The first kappa shape index (κ1) is 26.1. The van der Waals surface area contributed by atoms with E-state index >= 15 is 0 Å². The Hall–Kier alpha value is -4.14. The molecule has 3 heterocycles. The van der Waals surface area contributed by atoms with Crippen molar-refractivity contribution >= 4 is 46.5 Å². The Bertz CT molecular complexity index is 1510. The van der Waals surface area contributed by atoms with Crippen molar-refractivity contribution in [3.63, 3.8) is 0 Å². The van der Waals surface area contributed by atoms with Gasteiger partial charge in [0.2, 0.25) is 5.95 Å². The molecule has 2 aliphatic heterocycles. The first-order valence-corrected chi connectivity index (χ1v) is 14.0. The monoisotopic (exact) mass is 553 g/mol. The van der Waals surface area contributed by atoms with Gasteiger partial charge in [-0.05, 0) is 66.3 Å². The predicted molar refractivity (Wildman–Crippen MR) is 161 cm³/mol. The minimum absolute atomic E-state index is 0.0962. The quantitative estimate of drug-likeness (QED) is 0.269. The molecule has 0 saturated carbocycles. The number of carbonyl (C=O) groups is 1. The average Bonchev–Trinajstić information content (AvgIpc) is 3.43. The maximum atomic E-state index is 13.4. The number of hydrogen-bond acceptors (Lipinski definition) is 6. The van der Waals surface area contributed by atoms with Gasteiger partial charge < -0.3 is 20.9 Å². The Balaban J connectivity index is 1.20.